The molecule has 19 heavy (non-hydrogen) atoms. The molecule has 104 valence electrons. The molecule has 1 heterocycles. The molecule has 1 aliphatic heterocycles. The molecule has 0 atom stereocenters. The van der Waals surface area contributed by atoms with Crippen molar-refractivity contribution in [2.75, 3.05) is 5.33 Å². The maximum atomic E-state index is 13.9. The van der Waals surface area contributed by atoms with Gasteiger partial charge in [-0.2, -0.15) is 0 Å². The molecule has 0 amide bonds. The minimum absolute atomic E-state index is 0.202. The Morgan fingerprint density at radius 3 is 2.21 bits per heavy atom. The number of hydrogen-bond acceptors (Lipinski definition) is 2. The van der Waals surface area contributed by atoms with Crippen molar-refractivity contribution in [1.29, 1.82) is 0 Å². The summed E-state index contributed by atoms with van der Waals surface area (Å²) in [4.78, 5) is 0. The Balaban J connectivity index is 2.23. The summed E-state index contributed by atoms with van der Waals surface area (Å²) in [7, 11) is -0.502. The summed E-state index contributed by atoms with van der Waals surface area (Å²) < 4.78 is 25.8. The van der Waals surface area contributed by atoms with Gasteiger partial charge in [-0.1, -0.05) is 28.1 Å². The van der Waals surface area contributed by atoms with Gasteiger partial charge in [0.05, 0.1) is 11.2 Å². The van der Waals surface area contributed by atoms with Crippen LogP contribution in [0.4, 0.5) is 4.39 Å². The Hall–Kier alpha value is -0.385. The predicted molar refractivity (Wildman–Crippen MR) is 79.6 cm³/mol. The summed E-state index contributed by atoms with van der Waals surface area (Å²) in [5.74, 6) is -0.202. The first-order valence-corrected chi connectivity index (χ1v) is 7.59. The molecule has 5 heteroatoms. The number of halogens is 2. The van der Waals surface area contributed by atoms with E-state index in [1.54, 1.807) is 6.07 Å². The van der Waals surface area contributed by atoms with E-state index in [1.165, 1.54) is 6.07 Å². The third-order valence-corrected chi connectivity index (χ3v) is 4.36. The molecular weight excluding hydrogens is 310 g/mol. The highest BCUT2D eigenvalue weighted by atomic mass is 79.9. The summed E-state index contributed by atoms with van der Waals surface area (Å²) in [6.45, 7) is 7.95. The van der Waals surface area contributed by atoms with Crippen molar-refractivity contribution < 1.29 is 13.7 Å². The highest BCUT2D eigenvalue weighted by Crippen LogP contribution is 2.36. The van der Waals surface area contributed by atoms with Gasteiger partial charge in [0.15, 0.2) is 0 Å². The fourth-order valence-corrected chi connectivity index (χ4v) is 2.42. The Bertz CT molecular complexity index is 461. The molecule has 2 nitrogen and oxygen atoms in total. The number of aryl methyl sites for hydroxylation is 1. The van der Waals surface area contributed by atoms with Crippen LogP contribution in [-0.2, 0) is 15.7 Å². The van der Waals surface area contributed by atoms with Crippen molar-refractivity contribution in [1.82, 2.24) is 0 Å². The average molecular weight is 329 g/mol. The van der Waals surface area contributed by atoms with Crippen LogP contribution < -0.4 is 5.46 Å². The number of hydrogen-bond donors (Lipinski definition) is 0. The number of rotatable bonds is 3. The van der Waals surface area contributed by atoms with Gasteiger partial charge in [0.2, 0.25) is 0 Å². The zero-order valence-corrected chi connectivity index (χ0v) is 13.4. The van der Waals surface area contributed by atoms with Crippen molar-refractivity contribution in [3.05, 3.63) is 29.6 Å². The molecule has 0 saturated carbocycles. The first-order valence-electron chi connectivity index (χ1n) is 6.47. The third kappa shape index (κ3) is 2.88. The Morgan fingerprint density at radius 2 is 1.74 bits per heavy atom. The van der Waals surface area contributed by atoms with Gasteiger partial charge in [0.1, 0.15) is 5.82 Å². The lowest BCUT2D eigenvalue weighted by Crippen LogP contribution is -2.41. The Labute approximate surface area is 122 Å². The van der Waals surface area contributed by atoms with E-state index in [0.29, 0.717) is 12.0 Å². The van der Waals surface area contributed by atoms with Crippen LogP contribution in [0, 0.1) is 5.82 Å². The van der Waals surface area contributed by atoms with Crippen molar-refractivity contribution in [2.45, 2.75) is 45.3 Å². The van der Waals surface area contributed by atoms with Crippen molar-refractivity contribution in [3.8, 4) is 0 Å². The minimum Gasteiger partial charge on any atom is -0.399 e. The van der Waals surface area contributed by atoms with Crippen molar-refractivity contribution in [3.63, 3.8) is 0 Å². The van der Waals surface area contributed by atoms with Crippen molar-refractivity contribution in [2.24, 2.45) is 0 Å². The van der Waals surface area contributed by atoms with E-state index >= 15 is 0 Å². The highest BCUT2D eigenvalue weighted by molar-refractivity contribution is 9.09. The van der Waals surface area contributed by atoms with Crippen LogP contribution >= 0.6 is 15.9 Å². The van der Waals surface area contributed by atoms with Gasteiger partial charge in [-0.25, -0.2) is 4.39 Å². The summed E-state index contributed by atoms with van der Waals surface area (Å²) in [6.07, 6.45) is 0.676. The summed E-state index contributed by atoms with van der Waals surface area (Å²) in [5, 5.41) is 0.750. The van der Waals surface area contributed by atoms with Gasteiger partial charge in [0.25, 0.3) is 0 Å². The minimum atomic E-state index is -0.502. The number of benzene rings is 1. The summed E-state index contributed by atoms with van der Waals surface area (Å²) in [6, 6.07) is 5.19. The summed E-state index contributed by atoms with van der Waals surface area (Å²) in [5.41, 5.74) is 0.636. The lowest BCUT2D eigenvalue weighted by atomic mass is 9.78. The molecule has 2 rings (SSSR count). The molecule has 0 spiro atoms. The first kappa shape index (κ1) is 15.0. The average Bonchev–Trinajstić information content (AvgIpc) is 2.51. The zero-order chi connectivity index (χ0) is 14.3. The summed E-state index contributed by atoms with van der Waals surface area (Å²) >= 11 is 3.32. The molecule has 0 unspecified atom stereocenters. The molecule has 0 radical (unpaired) electrons. The van der Waals surface area contributed by atoms with Crippen LogP contribution in [0.15, 0.2) is 18.2 Å². The lowest BCUT2D eigenvalue weighted by Gasteiger charge is -2.32. The molecule has 1 aromatic carbocycles. The van der Waals surface area contributed by atoms with E-state index in [1.807, 2.05) is 33.8 Å². The largest absolute Gasteiger partial charge is 0.494 e. The maximum absolute atomic E-state index is 13.9. The van der Waals surface area contributed by atoms with Crippen LogP contribution in [0.1, 0.15) is 33.3 Å². The molecule has 1 saturated heterocycles. The standard InChI is InChI=1S/C14H19BBrFO2/c1-13(2)14(3,4)19-15(18-13)11-6-5-10(7-8-16)12(17)9-11/h5-6,9H,7-8H2,1-4H3. The molecule has 1 aromatic rings. The molecule has 0 N–H and O–H groups in total. The molecule has 0 aromatic heterocycles. The van der Waals surface area contributed by atoms with E-state index in [-0.39, 0.29) is 5.82 Å². The van der Waals surface area contributed by atoms with Crippen LogP contribution in [0.3, 0.4) is 0 Å². The lowest BCUT2D eigenvalue weighted by molar-refractivity contribution is 0.00578. The second-order valence-electron chi connectivity index (χ2n) is 5.88. The third-order valence-electron chi connectivity index (χ3n) is 3.97. The van der Waals surface area contributed by atoms with Gasteiger partial charge < -0.3 is 9.31 Å². The maximum Gasteiger partial charge on any atom is 0.494 e. The Kier molecular flexibility index (Phi) is 4.10. The van der Waals surface area contributed by atoms with E-state index in [9.17, 15) is 4.39 Å². The molecule has 0 bridgehead atoms. The van der Waals surface area contributed by atoms with Gasteiger partial charge in [-0.15, -0.1) is 0 Å². The van der Waals surface area contributed by atoms with Gasteiger partial charge >= 0.3 is 7.12 Å². The quantitative estimate of drug-likeness (QED) is 0.627. The van der Waals surface area contributed by atoms with Gasteiger partial charge in [0, 0.05) is 5.33 Å². The number of alkyl halides is 1. The Morgan fingerprint density at radius 1 is 1.16 bits per heavy atom. The molecule has 1 fully saturated rings. The van der Waals surface area contributed by atoms with Crippen LogP contribution in [0.5, 0.6) is 0 Å². The molecule has 1 aliphatic rings. The monoisotopic (exact) mass is 328 g/mol. The van der Waals surface area contributed by atoms with Crippen LogP contribution in [0.2, 0.25) is 0 Å². The fraction of sp³-hybridized carbons (Fsp3) is 0.571. The zero-order valence-electron chi connectivity index (χ0n) is 11.8. The SMILES string of the molecule is CC1(C)OB(c2ccc(CCBr)c(F)c2)OC1(C)C. The molecule has 0 aliphatic carbocycles. The highest BCUT2D eigenvalue weighted by Gasteiger charge is 2.51. The normalized spacial score (nSPS) is 20.8. The van der Waals surface area contributed by atoms with E-state index in [2.05, 4.69) is 15.9 Å². The predicted octanol–water partition coefficient (Wildman–Crippen LogP) is 3.06. The van der Waals surface area contributed by atoms with Crippen LogP contribution in [-0.4, -0.2) is 23.7 Å². The van der Waals surface area contributed by atoms with E-state index < -0.39 is 18.3 Å². The second-order valence-corrected chi connectivity index (χ2v) is 6.67. The molecular formula is C14H19BBrFO2. The van der Waals surface area contributed by atoms with Gasteiger partial charge in [-0.3, -0.25) is 0 Å². The van der Waals surface area contributed by atoms with E-state index in [4.69, 9.17) is 9.31 Å². The smallest absolute Gasteiger partial charge is 0.399 e. The topological polar surface area (TPSA) is 18.5 Å². The van der Waals surface area contributed by atoms with Crippen molar-refractivity contribution >= 4 is 28.5 Å². The second kappa shape index (κ2) is 5.19. The van der Waals surface area contributed by atoms with Crippen LogP contribution in [0.25, 0.3) is 0 Å². The first-order chi connectivity index (χ1) is 8.77. The van der Waals surface area contributed by atoms with E-state index in [0.717, 1.165) is 10.8 Å². The fourth-order valence-electron chi connectivity index (χ4n) is 1.99. The van der Waals surface area contributed by atoms with Gasteiger partial charge in [-0.05, 0) is 51.2 Å².